The van der Waals surface area contributed by atoms with Gasteiger partial charge in [-0.1, -0.05) is 23.7 Å². The number of H-pyrrole nitrogens is 1. The molecule has 10 heteroatoms. The Morgan fingerprint density at radius 1 is 1.19 bits per heavy atom. The van der Waals surface area contributed by atoms with Crippen LogP contribution in [0.3, 0.4) is 0 Å². The number of carbonyl (C=O) groups is 1. The summed E-state index contributed by atoms with van der Waals surface area (Å²) in [7, 11) is -4.04. The van der Waals surface area contributed by atoms with Crippen molar-refractivity contribution in [3.05, 3.63) is 74.8 Å². The van der Waals surface area contributed by atoms with Crippen molar-refractivity contribution >= 4 is 38.4 Å². The predicted molar refractivity (Wildman–Crippen MR) is 115 cm³/mol. The summed E-state index contributed by atoms with van der Waals surface area (Å²) in [6.07, 6.45) is 3.02. The van der Waals surface area contributed by atoms with E-state index in [2.05, 4.69) is 15.0 Å². The van der Waals surface area contributed by atoms with Crippen LogP contribution in [0.5, 0.6) is 0 Å². The molecule has 1 amide bonds. The third kappa shape index (κ3) is 4.79. The second-order valence-electron chi connectivity index (χ2n) is 7.46. The summed E-state index contributed by atoms with van der Waals surface area (Å²) in [5.41, 5.74) is -0.290. The van der Waals surface area contributed by atoms with Crippen LogP contribution < -0.4 is 15.5 Å². The van der Waals surface area contributed by atoms with E-state index in [1.165, 1.54) is 0 Å². The van der Waals surface area contributed by atoms with Gasteiger partial charge in [0, 0.05) is 24.3 Å². The fourth-order valence-electron chi connectivity index (χ4n) is 3.15. The smallest absolute Gasteiger partial charge is 0.257 e. The topological polar surface area (TPSA) is 108 Å². The van der Waals surface area contributed by atoms with Crippen LogP contribution in [0.1, 0.15) is 28.8 Å². The van der Waals surface area contributed by atoms with Crippen molar-refractivity contribution in [2.24, 2.45) is 5.92 Å². The van der Waals surface area contributed by atoms with Gasteiger partial charge < -0.3 is 10.3 Å². The van der Waals surface area contributed by atoms with E-state index < -0.39 is 27.2 Å². The first-order valence-corrected chi connectivity index (χ1v) is 11.5. The minimum atomic E-state index is -4.04. The third-order valence-electron chi connectivity index (χ3n) is 5.08. The number of aromatic nitrogens is 1. The summed E-state index contributed by atoms with van der Waals surface area (Å²) in [4.78, 5) is 27.7. The molecule has 4 rings (SSSR count). The van der Waals surface area contributed by atoms with Gasteiger partial charge >= 0.3 is 0 Å². The van der Waals surface area contributed by atoms with Crippen molar-refractivity contribution in [1.82, 2.24) is 15.0 Å². The third-order valence-corrected chi connectivity index (χ3v) is 6.78. The highest BCUT2D eigenvalue weighted by molar-refractivity contribution is 7.89. The summed E-state index contributed by atoms with van der Waals surface area (Å²) in [6, 6.07) is 8.59. The van der Waals surface area contributed by atoms with Crippen molar-refractivity contribution in [3.8, 4) is 0 Å². The number of halogens is 2. The molecule has 0 radical (unpaired) electrons. The number of benzene rings is 2. The van der Waals surface area contributed by atoms with Gasteiger partial charge in [-0.05, 0) is 48.6 Å². The molecule has 0 unspecified atom stereocenters. The van der Waals surface area contributed by atoms with Crippen molar-refractivity contribution < 1.29 is 17.6 Å². The van der Waals surface area contributed by atoms with Crippen LogP contribution in [0, 0.1) is 11.7 Å². The van der Waals surface area contributed by atoms with E-state index in [4.69, 9.17) is 11.6 Å². The van der Waals surface area contributed by atoms with Crippen LogP contribution in [0.4, 0.5) is 4.39 Å². The van der Waals surface area contributed by atoms with Gasteiger partial charge in [0.05, 0.1) is 10.9 Å². The molecule has 3 N–H and O–H groups in total. The second kappa shape index (κ2) is 8.41. The van der Waals surface area contributed by atoms with Gasteiger partial charge in [0.15, 0.2) is 0 Å². The maximum Gasteiger partial charge on any atom is 0.257 e. The molecular formula is C21H19ClFN3O4S. The van der Waals surface area contributed by atoms with Crippen molar-refractivity contribution in [3.63, 3.8) is 0 Å². The van der Waals surface area contributed by atoms with E-state index in [1.807, 2.05) is 0 Å². The van der Waals surface area contributed by atoms with Crippen LogP contribution in [0.25, 0.3) is 10.9 Å². The first kappa shape index (κ1) is 21.5. The maximum atomic E-state index is 14.2. The highest BCUT2D eigenvalue weighted by Crippen LogP contribution is 2.29. The van der Waals surface area contributed by atoms with Crippen LogP contribution in [0.2, 0.25) is 5.02 Å². The van der Waals surface area contributed by atoms with Crippen LogP contribution >= 0.6 is 11.6 Å². The van der Waals surface area contributed by atoms with Gasteiger partial charge in [-0.3, -0.25) is 9.59 Å². The van der Waals surface area contributed by atoms with Gasteiger partial charge in [-0.25, -0.2) is 17.5 Å². The number of nitrogens with one attached hydrogen (secondary N) is 3. The Morgan fingerprint density at radius 2 is 1.90 bits per heavy atom. The standard InChI is InChI=1S/C21H19ClFN3O4S/c22-14-5-3-12(4-6-14)9-25-21(28)17-11-24-19-16(20(17)27)7-15(23)8-18(19)31(29,30)26-10-13-1-2-13/h3-8,11,13,26H,1-2,9-10H2,(H,24,27)(H,25,28). The molecule has 0 aliphatic heterocycles. The van der Waals surface area contributed by atoms with Crippen LogP contribution in [0.15, 0.2) is 52.3 Å². The molecule has 162 valence electrons. The minimum absolute atomic E-state index is 0.0519. The van der Waals surface area contributed by atoms with Gasteiger partial charge in [0.2, 0.25) is 15.5 Å². The average molecular weight is 464 g/mol. The van der Waals surface area contributed by atoms with Crippen molar-refractivity contribution in [2.45, 2.75) is 24.3 Å². The first-order valence-electron chi connectivity index (χ1n) is 9.62. The molecule has 1 fully saturated rings. The van der Waals surface area contributed by atoms with E-state index >= 15 is 0 Å². The van der Waals surface area contributed by atoms with Crippen LogP contribution in [-0.4, -0.2) is 25.9 Å². The number of hydrogen-bond acceptors (Lipinski definition) is 4. The lowest BCUT2D eigenvalue weighted by molar-refractivity contribution is 0.0949. The van der Waals surface area contributed by atoms with Gasteiger partial charge in [0.25, 0.3) is 5.91 Å². The van der Waals surface area contributed by atoms with Crippen molar-refractivity contribution in [1.29, 1.82) is 0 Å². The number of pyridine rings is 1. The molecule has 3 aromatic rings. The van der Waals surface area contributed by atoms with E-state index in [9.17, 15) is 22.4 Å². The lowest BCUT2D eigenvalue weighted by atomic mass is 10.1. The quantitative estimate of drug-likeness (QED) is 0.500. The molecule has 0 spiro atoms. The second-order valence-corrected chi connectivity index (χ2v) is 9.63. The summed E-state index contributed by atoms with van der Waals surface area (Å²) in [5.74, 6) is -1.27. The van der Waals surface area contributed by atoms with Crippen LogP contribution in [-0.2, 0) is 16.6 Å². The monoisotopic (exact) mass is 463 g/mol. The predicted octanol–water partition coefficient (Wildman–Crippen LogP) is 2.94. The molecule has 7 nitrogen and oxygen atoms in total. The Labute approximate surface area is 182 Å². The Bertz CT molecular complexity index is 1320. The molecule has 1 aliphatic rings. The highest BCUT2D eigenvalue weighted by Gasteiger charge is 2.27. The number of amides is 1. The molecule has 31 heavy (non-hydrogen) atoms. The van der Waals surface area contributed by atoms with Gasteiger partial charge in [-0.2, -0.15) is 0 Å². The molecule has 0 saturated heterocycles. The summed E-state index contributed by atoms with van der Waals surface area (Å²) >= 11 is 5.83. The van der Waals surface area contributed by atoms with E-state index in [-0.39, 0.29) is 40.4 Å². The number of fused-ring (bicyclic) bond motifs is 1. The van der Waals surface area contributed by atoms with Gasteiger partial charge in [-0.15, -0.1) is 0 Å². The van der Waals surface area contributed by atoms with Crippen molar-refractivity contribution in [2.75, 3.05) is 6.54 Å². The first-order chi connectivity index (χ1) is 14.7. The van der Waals surface area contributed by atoms with Gasteiger partial charge in [0.1, 0.15) is 16.3 Å². The lowest BCUT2D eigenvalue weighted by Crippen LogP contribution is -2.29. The number of sulfonamides is 1. The minimum Gasteiger partial charge on any atom is -0.359 e. The maximum absolute atomic E-state index is 14.2. The fourth-order valence-corrected chi connectivity index (χ4v) is 4.59. The molecule has 2 aromatic carbocycles. The zero-order chi connectivity index (χ0) is 22.2. The Balaban J connectivity index is 1.64. The number of carbonyl (C=O) groups excluding carboxylic acids is 1. The summed E-state index contributed by atoms with van der Waals surface area (Å²) < 4.78 is 42.0. The molecular weight excluding hydrogens is 445 g/mol. The van der Waals surface area contributed by atoms with E-state index in [0.29, 0.717) is 5.02 Å². The number of rotatable bonds is 7. The zero-order valence-electron chi connectivity index (χ0n) is 16.2. The highest BCUT2D eigenvalue weighted by atomic mass is 35.5. The molecule has 1 saturated carbocycles. The van der Waals surface area contributed by atoms with E-state index in [1.54, 1.807) is 24.3 Å². The normalized spacial score (nSPS) is 14.0. The lowest BCUT2D eigenvalue weighted by Gasteiger charge is -2.11. The largest absolute Gasteiger partial charge is 0.359 e. The zero-order valence-corrected chi connectivity index (χ0v) is 17.8. The van der Waals surface area contributed by atoms with E-state index in [0.717, 1.165) is 36.7 Å². The molecule has 1 aromatic heterocycles. The summed E-state index contributed by atoms with van der Waals surface area (Å²) in [6.45, 7) is 0.414. The molecule has 0 atom stereocenters. The Kier molecular flexibility index (Phi) is 5.83. The molecule has 1 aliphatic carbocycles. The fraction of sp³-hybridized carbons (Fsp3) is 0.238. The average Bonchev–Trinajstić information content (AvgIpc) is 3.56. The molecule has 1 heterocycles. The SMILES string of the molecule is O=C(NCc1ccc(Cl)cc1)c1c[nH]c2c(S(=O)(=O)NCC3CC3)cc(F)cc2c1=O. The summed E-state index contributed by atoms with van der Waals surface area (Å²) in [5, 5.41) is 2.95. The Hall–Kier alpha value is -2.75. The number of hydrogen-bond donors (Lipinski definition) is 3. The number of aromatic amines is 1. The Morgan fingerprint density at radius 3 is 2.58 bits per heavy atom. The molecule has 0 bridgehead atoms.